The number of nitrogen functional groups attached to an aromatic ring is 1. The molecule has 5 nitrogen and oxygen atoms in total. The van der Waals surface area contributed by atoms with Gasteiger partial charge in [0.15, 0.2) is 5.82 Å². The summed E-state index contributed by atoms with van der Waals surface area (Å²) in [7, 11) is 0. The van der Waals surface area contributed by atoms with E-state index in [9.17, 15) is 0 Å². The average Bonchev–Trinajstić information content (AvgIpc) is 2.68. The smallest absolute Gasteiger partial charge is 0.221 e. The SMILES string of the molecule is CCCc1cc(C)c(Oc2ccc(N)c(Nc3ccc(C#N)cc3)n2)c(C)c1. The minimum absolute atomic E-state index is 0.472. The Labute approximate surface area is 165 Å². The summed E-state index contributed by atoms with van der Waals surface area (Å²) in [5, 5.41) is 12.1. The summed E-state index contributed by atoms with van der Waals surface area (Å²) >= 11 is 0. The van der Waals surface area contributed by atoms with Gasteiger partial charge in [-0.05, 0) is 67.3 Å². The molecule has 3 N–H and O–H groups in total. The highest BCUT2D eigenvalue weighted by atomic mass is 16.5. The molecule has 0 saturated carbocycles. The lowest BCUT2D eigenvalue weighted by Crippen LogP contribution is -2.01. The van der Waals surface area contributed by atoms with Crippen molar-refractivity contribution in [3.8, 4) is 17.7 Å². The fraction of sp³-hybridized carbons (Fsp3) is 0.217. The molecule has 0 amide bonds. The molecule has 2 aromatic carbocycles. The van der Waals surface area contributed by atoms with Gasteiger partial charge in [0.1, 0.15) is 5.75 Å². The van der Waals surface area contributed by atoms with Crippen molar-refractivity contribution in [2.45, 2.75) is 33.6 Å². The third kappa shape index (κ3) is 4.41. The predicted molar refractivity (Wildman–Crippen MR) is 113 cm³/mol. The molecule has 3 aromatic rings. The van der Waals surface area contributed by atoms with Crippen LogP contribution >= 0.6 is 0 Å². The van der Waals surface area contributed by atoms with Gasteiger partial charge in [-0.1, -0.05) is 25.5 Å². The van der Waals surface area contributed by atoms with E-state index >= 15 is 0 Å². The van der Waals surface area contributed by atoms with Crippen LogP contribution in [0.25, 0.3) is 0 Å². The average molecular weight is 372 g/mol. The molecule has 28 heavy (non-hydrogen) atoms. The van der Waals surface area contributed by atoms with Crippen LogP contribution in [0.15, 0.2) is 48.5 Å². The number of pyridine rings is 1. The minimum Gasteiger partial charge on any atom is -0.438 e. The summed E-state index contributed by atoms with van der Waals surface area (Å²) in [6.45, 7) is 6.28. The molecule has 0 saturated heterocycles. The van der Waals surface area contributed by atoms with E-state index in [1.165, 1.54) is 5.56 Å². The first kappa shape index (κ1) is 19.2. The molecular formula is C23H24N4O. The van der Waals surface area contributed by atoms with E-state index < -0.39 is 0 Å². The lowest BCUT2D eigenvalue weighted by molar-refractivity contribution is 0.456. The van der Waals surface area contributed by atoms with Gasteiger partial charge in [0.05, 0.1) is 17.3 Å². The number of nitrogens with zero attached hydrogens (tertiary/aromatic N) is 2. The number of hydrogen-bond acceptors (Lipinski definition) is 5. The van der Waals surface area contributed by atoms with Gasteiger partial charge in [-0.15, -0.1) is 0 Å². The summed E-state index contributed by atoms with van der Waals surface area (Å²) in [5.74, 6) is 1.81. The Morgan fingerprint density at radius 3 is 2.36 bits per heavy atom. The van der Waals surface area contributed by atoms with Crippen LogP contribution in [0.3, 0.4) is 0 Å². The topological polar surface area (TPSA) is 84.0 Å². The van der Waals surface area contributed by atoms with Crippen molar-refractivity contribution in [3.05, 3.63) is 70.8 Å². The lowest BCUT2D eigenvalue weighted by Gasteiger charge is -2.15. The molecule has 0 atom stereocenters. The lowest BCUT2D eigenvalue weighted by atomic mass is 10.0. The van der Waals surface area contributed by atoms with Gasteiger partial charge in [0.2, 0.25) is 5.88 Å². The Balaban J connectivity index is 1.84. The van der Waals surface area contributed by atoms with Crippen LogP contribution in [0.5, 0.6) is 11.6 Å². The molecule has 0 spiro atoms. The zero-order chi connectivity index (χ0) is 20.1. The molecule has 0 fully saturated rings. The van der Waals surface area contributed by atoms with E-state index in [0.29, 0.717) is 22.9 Å². The van der Waals surface area contributed by atoms with Crippen LogP contribution < -0.4 is 15.8 Å². The van der Waals surface area contributed by atoms with E-state index in [1.54, 1.807) is 24.3 Å². The number of nitrogens with two attached hydrogens (primary N) is 1. The number of hydrogen-bond donors (Lipinski definition) is 2. The fourth-order valence-electron chi connectivity index (χ4n) is 3.11. The van der Waals surface area contributed by atoms with Crippen molar-refractivity contribution in [1.82, 2.24) is 4.98 Å². The molecule has 0 radical (unpaired) electrons. The first-order valence-electron chi connectivity index (χ1n) is 9.32. The standard InChI is InChI=1S/C23H24N4O/c1-4-5-18-12-15(2)22(16(3)13-18)28-21-11-10-20(25)23(27-21)26-19-8-6-17(14-24)7-9-19/h6-13H,4-5,25H2,1-3H3,(H,26,27). The number of rotatable bonds is 6. The molecule has 3 rings (SSSR count). The van der Waals surface area contributed by atoms with Crippen molar-refractivity contribution in [1.29, 1.82) is 5.26 Å². The van der Waals surface area contributed by atoms with Gasteiger partial charge < -0.3 is 15.8 Å². The second-order valence-corrected chi connectivity index (χ2v) is 6.81. The highest BCUT2D eigenvalue weighted by molar-refractivity contribution is 5.69. The minimum atomic E-state index is 0.472. The number of nitriles is 1. The van der Waals surface area contributed by atoms with Crippen molar-refractivity contribution < 1.29 is 4.74 Å². The normalized spacial score (nSPS) is 10.4. The highest BCUT2D eigenvalue weighted by Crippen LogP contribution is 2.31. The molecule has 142 valence electrons. The van der Waals surface area contributed by atoms with Crippen LogP contribution in [-0.4, -0.2) is 4.98 Å². The first-order valence-corrected chi connectivity index (χ1v) is 9.32. The quantitative estimate of drug-likeness (QED) is 0.585. The van der Waals surface area contributed by atoms with Crippen LogP contribution in [0.1, 0.15) is 35.6 Å². The van der Waals surface area contributed by atoms with Gasteiger partial charge in [-0.3, -0.25) is 0 Å². The number of ether oxygens (including phenoxy) is 1. The Morgan fingerprint density at radius 1 is 1.07 bits per heavy atom. The third-order valence-corrected chi connectivity index (χ3v) is 4.44. The molecule has 0 aliphatic heterocycles. The van der Waals surface area contributed by atoms with Crippen LogP contribution in [0, 0.1) is 25.2 Å². The van der Waals surface area contributed by atoms with Crippen molar-refractivity contribution >= 4 is 17.2 Å². The maximum atomic E-state index is 8.91. The molecule has 1 heterocycles. The maximum absolute atomic E-state index is 8.91. The second-order valence-electron chi connectivity index (χ2n) is 6.81. The fourth-order valence-corrected chi connectivity index (χ4v) is 3.11. The summed E-state index contributed by atoms with van der Waals surface area (Å²) in [6, 6.07) is 17.1. The van der Waals surface area contributed by atoms with Crippen LogP contribution in [-0.2, 0) is 6.42 Å². The summed E-state index contributed by atoms with van der Waals surface area (Å²) in [5.41, 5.74) is 11.5. The van der Waals surface area contributed by atoms with Gasteiger partial charge in [0, 0.05) is 11.8 Å². The van der Waals surface area contributed by atoms with E-state index in [1.807, 2.05) is 12.1 Å². The predicted octanol–water partition coefficient (Wildman–Crippen LogP) is 5.64. The molecule has 0 bridgehead atoms. The van der Waals surface area contributed by atoms with E-state index in [-0.39, 0.29) is 0 Å². The summed E-state index contributed by atoms with van der Waals surface area (Å²) < 4.78 is 6.09. The van der Waals surface area contributed by atoms with Gasteiger partial charge >= 0.3 is 0 Å². The maximum Gasteiger partial charge on any atom is 0.221 e. The third-order valence-electron chi connectivity index (χ3n) is 4.44. The Bertz CT molecular complexity index is 997. The van der Waals surface area contributed by atoms with Crippen LogP contribution in [0.4, 0.5) is 17.2 Å². The second kappa shape index (κ2) is 8.45. The number of nitrogens with one attached hydrogen (secondary N) is 1. The Morgan fingerprint density at radius 2 is 1.75 bits per heavy atom. The highest BCUT2D eigenvalue weighted by Gasteiger charge is 2.11. The summed E-state index contributed by atoms with van der Waals surface area (Å²) in [4.78, 5) is 4.52. The van der Waals surface area contributed by atoms with Crippen molar-refractivity contribution in [2.24, 2.45) is 0 Å². The Kier molecular flexibility index (Phi) is 5.81. The van der Waals surface area contributed by atoms with Gasteiger partial charge in [-0.25, -0.2) is 0 Å². The van der Waals surface area contributed by atoms with Gasteiger partial charge in [-0.2, -0.15) is 10.2 Å². The molecular weight excluding hydrogens is 348 g/mol. The molecule has 0 unspecified atom stereocenters. The van der Waals surface area contributed by atoms with E-state index in [0.717, 1.165) is 35.4 Å². The van der Waals surface area contributed by atoms with Crippen molar-refractivity contribution in [3.63, 3.8) is 0 Å². The monoisotopic (exact) mass is 372 g/mol. The Hall–Kier alpha value is -3.52. The van der Waals surface area contributed by atoms with Crippen LogP contribution in [0.2, 0.25) is 0 Å². The molecule has 0 aliphatic carbocycles. The molecule has 5 heteroatoms. The number of aryl methyl sites for hydroxylation is 3. The van der Waals surface area contributed by atoms with E-state index in [4.69, 9.17) is 15.7 Å². The molecule has 0 aliphatic rings. The zero-order valence-corrected chi connectivity index (χ0v) is 16.4. The number of aromatic nitrogens is 1. The van der Waals surface area contributed by atoms with Gasteiger partial charge in [0.25, 0.3) is 0 Å². The first-order chi connectivity index (χ1) is 13.5. The van der Waals surface area contributed by atoms with Crippen molar-refractivity contribution in [2.75, 3.05) is 11.1 Å². The van der Waals surface area contributed by atoms with E-state index in [2.05, 4.69) is 49.3 Å². The largest absolute Gasteiger partial charge is 0.438 e. The molecule has 1 aromatic heterocycles. The summed E-state index contributed by atoms with van der Waals surface area (Å²) in [6.07, 6.45) is 2.17. The number of benzene rings is 2. The zero-order valence-electron chi connectivity index (χ0n) is 16.4. The number of anilines is 3.